The Morgan fingerprint density at radius 1 is 1.10 bits per heavy atom. The second-order valence-electron chi connectivity index (χ2n) is 7.75. The zero-order chi connectivity index (χ0) is 22.6. The number of hydrogen-bond donors (Lipinski definition) is 2. The van der Waals surface area contributed by atoms with Crippen molar-refractivity contribution in [1.29, 1.82) is 5.41 Å². The largest absolute Gasteiger partial charge is 0.482 e. The Balaban J connectivity index is 1.61. The minimum atomic E-state index is -0.566. The number of nitrogens with one attached hydrogen (secondary N) is 2. The number of rotatable bonds is 6. The van der Waals surface area contributed by atoms with Crippen LogP contribution in [0.5, 0.6) is 5.75 Å². The molecule has 0 aliphatic rings. The minimum absolute atomic E-state index is 0.174. The van der Waals surface area contributed by atoms with Crippen molar-refractivity contribution in [3.8, 4) is 5.75 Å². The summed E-state index contributed by atoms with van der Waals surface area (Å²) >= 11 is 1.35. The van der Waals surface area contributed by atoms with Gasteiger partial charge in [-0.3, -0.25) is 10.2 Å². The van der Waals surface area contributed by atoms with Gasteiger partial charge in [0.25, 0.3) is 5.91 Å². The molecule has 0 saturated carbocycles. The molecule has 162 valence electrons. The SMILES string of the molecule is CSC(=N)c1ccc2oc(C(=O)Nc3ccc(OCC(=O)OC(C)(C)C)cc3)cc2c1. The maximum atomic E-state index is 12.5. The molecule has 2 N–H and O–H groups in total. The van der Waals surface area contributed by atoms with Crippen LogP contribution in [-0.2, 0) is 9.53 Å². The Labute approximate surface area is 184 Å². The van der Waals surface area contributed by atoms with Crippen LogP contribution in [0.2, 0.25) is 0 Å². The smallest absolute Gasteiger partial charge is 0.344 e. The van der Waals surface area contributed by atoms with Crippen molar-refractivity contribution in [2.75, 3.05) is 18.2 Å². The zero-order valence-corrected chi connectivity index (χ0v) is 18.6. The molecule has 1 heterocycles. The molecular formula is C23H24N2O5S. The number of ether oxygens (including phenoxy) is 2. The van der Waals surface area contributed by atoms with E-state index in [0.29, 0.717) is 22.1 Å². The number of benzene rings is 2. The molecule has 1 amide bonds. The van der Waals surface area contributed by atoms with Crippen molar-refractivity contribution in [2.45, 2.75) is 26.4 Å². The lowest BCUT2D eigenvalue weighted by molar-refractivity contribution is -0.157. The quantitative estimate of drug-likeness (QED) is 0.314. The summed E-state index contributed by atoms with van der Waals surface area (Å²) in [4.78, 5) is 24.3. The van der Waals surface area contributed by atoms with Gasteiger partial charge in [-0.05, 0) is 75.6 Å². The van der Waals surface area contributed by atoms with E-state index in [-0.39, 0.29) is 18.3 Å². The predicted octanol–water partition coefficient (Wildman–Crippen LogP) is 5.09. The second kappa shape index (κ2) is 9.26. The lowest BCUT2D eigenvalue weighted by Gasteiger charge is -2.19. The van der Waals surface area contributed by atoms with Crippen molar-refractivity contribution in [3.05, 3.63) is 59.9 Å². The Bertz CT molecular complexity index is 1110. The number of anilines is 1. The van der Waals surface area contributed by atoms with Gasteiger partial charge in [0.1, 0.15) is 16.9 Å². The maximum Gasteiger partial charge on any atom is 0.344 e. The van der Waals surface area contributed by atoms with Crippen LogP contribution < -0.4 is 10.1 Å². The van der Waals surface area contributed by atoms with Crippen LogP contribution in [0.3, 0.4) is 0 Å². The number of carbonyl (C=O) groups excluding carboxylic acids is 2. The molecule has 3 rings (SSSR count). The molecule has 0 saturated heterocycles. The van der Waals surface area contributed by atoms with Gasteiger partial charge in [-0.25, -0.2) is 4.79 Å². The third-order valence-corrected chi connectivity index (χ3v) is 4.74. The first-order valence-electron chi connectivity index (χ1n) is 9.57. The number of esters is 1. The molecule has 0 aliphatic heterocycles. The molecule has 0 atom stereocenters. The van der Waals surface area contributed by atoms with Crippen molar-refractivity contribution < 1.29 is 23.5 Å². The third kappa shape index (κ3) is 6.11. The van der Waals surface area contributed by atoms with Crippen molar-refractivity contribution >= 4 is 45.3 Å². The lowest BCUT2D eigenvalue weighted by atomic mass is 10.2. The van der Waals surface area contributed by atoms with Gasteiger partial charge in [0.15, 0.2) is 12.4 Å². The van der Waals surface area contributed by atoms with Crippen LogP contribution >= 0.6 is 11.8 Å². The standard InChI is InChI=1S/C23H24N2O5S/c1-23(2,3)30-20(26)13-28-17-8-6-16(7-9-17)25-22(27)19-12-15-11-14(21(24)31-4)5-10-18(15)29-19/h5-12,24H,13H2,1-4H3,(H,25,27). The molecule has 8 heteroatoms. The molecule has 0 radical (unpaired) electrons. The summed E-state index contributed by atoms with van der Waals surface area (Å²) in [6.07, 6.45) is 1.84. The molecule has 0 spiro atoms. The molecule has 0 aliphatic carbocycles. The second-order valence-corrected chi connectivity index (χ2v) is 8.57. The molecule has 0 unspecified atom stereocenters. The van der Waals surface area contributed by atoms with Gasteiger partial charge >= 0.3 is 5.97 Å². The van der Waals surface area contributed by atoms with E-state index in [1.165, 1.54) is 11.8 Å². The minimum Gasteiger partial charge on any atom is -0.482 e. The van der Waals surface area contributed by atoms with E-state index in [1.807, 2.05) is 12.3 Å². The highest BCUT2D eigenvalue weighted by molar-refractivity contribution is 8.13. The average molecular weight is 441 g/mol. The van der Waals surface area contributed by atoms with Gasteiger partial charge < -0.3 is 19.2 Å². The molecular weight excluding hydrogens is 416 g/mol. The Morgan fingerprint density at radius 2 is 1.81 bits per heavy atom. The van der Waals surface area contributed by atoms with E-state index in [9.17, 15) is 9.59 Å². The zero-order valence-electron chi connectivity index (χ0n) is 17.8. The summed E-state index contributed by atoms with van der Waals surface area (Å²) in [5, 5.41) is 11.9. The van der Waals surface area contributed by atoms with Crippen LogP contribution in [0.25, 0.3) is 11.0 Å². The summed E-state index contributed by atoms with van der Waals surface area (Å²) < 4.78 is 16.2. The van der Waals surface area contributed by atoms with Crippen LogP contribution in [0.15, 0.2) is 52.9 Å². The lowest BCUT2D eigenvalue weighted by Crippen LogP contribution is -2.27. The molecule has 3 aromatic rings. The number of carbonyl (C=O) groups is 2. The Hall–Kier alpha value is -3.26. The summed E-state index contributed by atoms with van der Waals surface area (Å²) in [7, 11) is 0. The predicted molar refractivity (Wildman–Crippen MR) is 122 cm³/mol. The van der Waals surface area contributed by atoms with E-state index >= 15 is 0 Å². The summed E-state index contributed by atoms with van der Waals surface area (Å²) in [6.45, 7) is 5.17. The molecule has 0 fully saturated rings. The topological polar surface area (TPSA) is 102 Å². The molecule has 2 aromatic carbocycles. The van der Waals surface area contributed by atoms with Crippen LogP contribution in [0.4, 0.5) is 5.69 Å². The van der Waals surface area contributed by atoms with Gasteiger partial charge in [0, 0.05) is 16.6 Å². The number of fused-ring (bicyclic) bond motifs is 1. The van der Waals surface area contributed by atoms with Crippen molar-refractivity contribution in [2.24, 2.45) is 0 Å². The fraction of sp³-hybridized carbons (Fsp3) is 0.261. The molecule has 0 bridgehead atoms. The highest BCUT2D eigenvalue weighted by Gasteiger charge is 2.17. The van der Waals surface area contributed by atoms with E-state index in [0.717, 1.165) is 10.9 Å². The summed E-state index contributed by atoms with van der Waals surface area (Å²) in [5.74, 6) is -0.185. The Kier molecular flexibility index (Phi) is 6.70. The molecule has 1 aromatic heterocycles. The first-order valence-corrected chi connectivity index (χ1v) is 10.8. The third-order valence-electron chi connectivity index (χ3n) is 4.10. The normalized spacial score (nSPS) is 11.2. The Morgan fingerprint density at radius 3 is 2.45 bits per heavy atom. The van der Waals surface area contributed by atoms with Crippen molar-refractivity contribution in [1.82, 2.24) is 0 Å². The molecule has 7 nitrogen and oxygen atoms in total. The number of thioether (sulfide) groups is 1. The van der Waals surface area contributed by atoms with Gasteiger partial charge in [0.05, 0.1) is 5.04 Å². The fourth-order valence-electron chi connectivity index (χ4n) is 2.75. The summed E-state index contributed by atoms with van der Waals surface area (Å²) in [5.41, 5.74) is 1.34. The first-order chi connectivity index (χ1) is 14.6. The average Bonchev–Trinajstić information content (AvgIpc) is 3.15. The first kappa shape index (κ1) is 22.4. The molecule has 31 heavy (non-hydrogen) atoms. The van der Waals surface area contributed by atoms with Crippen molar-refractivity contribution in [3.63, 3.8) is 0 Å². The van der Waals surface area contributed by atoms with Gasteiger partial charge in [0.2, 0.25) is 0 Å². The number of furan rings is 1. The fourth-order valence-corrected chi connectivity index (χ4v) is 3.12. The van der Waals surface area contributed by atoms with E-state index in [2.05, 4.69) is 5.32 Å². The van der Waals surface area contributed by atoms with Gasteiger partial charge in [-0.15, -0.1) is 11.8 Å². The maximum absolute atomic E-state index is 12.5. The highest BCUT2D eigenvalue weighted by atomic mass is 32.2. The van der Waals surface area contributed by atoms with E-state index in [1.54, 1.807) is 63.2 Å². The van der Waals surface area contributed by atoms with Crippen LogP contribution in [0.1, 0.15) is 36.9 Å². The van der Waals surface area contributed by atoms with Gasteiger partial charge in [-0.1, -0.05) is 0 Å². The number of hydrogen-bond acceptors (Lipinski definition) is 7. The monoisotopic (exact) mass is 440 g/mol. The van der Waals surface area contributed by atoms with E-state index < -0.39 is 11.6 Å². The van der Waals surface area contributed by atoms with Gasteiger partial charge in [-0.2, -0.15) is 0 Å². The van der Waals surface area contributed by atoms with E-state index in [4.69, 9.17) is 19.3 Å². The van der Waals surface area contributed by atoms with Crippen LogP contribution in [-0.4, -0.2) is 35.4 Å². The highest BCUT2D eigenvalue weighted by Crippen LogP contribution is 2.24. The number of amides is 1. The summed E-state index contributed by atoms with van der Waals surface area (Å²) in [6, 6.07) is 13.7. The van der Waals surface area contributed by atoms with Crippen LogP contribution in [0, 0.1) is 5.41 Å².